The highest BCUT2D eigenvalue weighted by Gasteiger charge is 2.18. The van der Waals surface area contributed by atoms with Gasteiger partial charge in [-0.25, -0.2) is 0 Å². The van der Waals surface area contributed by atoms with Crippen LogP contribution in [-0.4, -0.2) is 24.4 Å². The minimum atomic E-state index is -0.216. The molecule has 1 aliphatic carbocycles. The molecule has 2 N–H and O–H groups in total. The van der Waals surface area contributed by atoms with Crippen LogP contribution in [0.3, 0.4) is 0 Å². The minimum Gasteiger partial charge on any atom is -0.392 e. The van der Waals surface area contributed by atoms with E-state index in [9.17, 15) is 5.11 Å². The number of hydrogen-bond acceptors (Lipinski definition) is 3. The van der Waals surface area contributed by atoms with E-state index < -0.39 is 0 Å². The van der Waals surface area contributed by atoms with Gasteiger partial charge in [0.1, 0.15) is 0 Å². The van der Waals surface area contributed by atoms with Crippen LogP contribution in [0.1, 0.15) is 50.2 Å². The lowest BCUT2D eigenvalue weighted by atomic mass is 10.00. The molecule has 0 radical (unpaired) electrons. The Morgan fingerprint density at radius 3 is 2.67 bits per heavy atom. The SMILES string of the molecule is CCOCc1ccccc1CNCC(O)CC1CCCC1. The van der Waals surface area contributed by atoms with Gasteiger partial charge in [0, 0.05) is 19.7 Å². The molecule has 1 aliphatic rings. The first-order valence-electron chi connectivity index (χ1n) is 8.33. The van der Waals surface area contributed by atoms with Crippen molar-refractivity contribution in [3.8, 4) is 0 Å². The number of aliphatic hydroxyl groups excluding tert-OH is 1. The van der Waals surface area contributed by atoms with Crippen molar-refractivity contribution in [2.75, 3.05) is 13.2 Å². The fraction of sp³-hybridized carbons (Fsp3) is 0.667. The first kappa shape index (κ1) is 16.5. The molecule has 2 rings (SSSR count). The molecule has 1 fully saturated rings. The Morgan fingerprint density at radius 1 is 1.24 bits per heavy atom. The molecule has 0 spiro atoms. The number of rotatable bonds is 9. The van der Waals surface area contributed by atoms with E-state index in [0.29, 0.717) is 13.2 Å². The molecule has 3 nitrogen and oxygen atoms in total. The summed E-state index contributed by atoms with van der Waals surface area (Å²) in [6.07, 6.45) is 6.02. The van der Waals surface area contributed by atoms with Crippen molar-refractivity contribution in [3.63, 3.8) is 0 Å². The summed E-state index contributed by atoms with van der Waals surface area (Å²) in [6, 6.07) is 8.35. The van der Waals surface area contributed by atoms with E-state index in [1.165, 1.54) is 36.8 Å². The molecule has 1 aromatic carbocycles. The Kier molecular flexibility index (Phi) is 7.20. The molecule has 0 amide bonds. The lowest BCUT2D eigenvalue weighted by molar-refractivity contribution is 0.132. The van der Waals surface area contributed by atoms with Gasteiger partial charge < -0.3 is 15.2 Å². The molecule has 118 valence electrons. The van der Waals surface area contributed by atoms with Crippen LogP contribution in [0.2, 0.25) is 0 Å². The van der Waals surface area contributed by atoms with Crippen molar-refractivity contribution in [3.05, 3.63) is 35.4 Å². The molecule has 1 saturated carbocycles. The van der Waals surface area contributed by atoms with Gasteiger partial charge in [0.05, 0.1) is 12.7 Å². The number of aliphatic hydroxyl groups is 1. The largest absolute Gasteiger partial charge is 0.392 e. The third kappa shape index (κ3) is 5.77. The van der Waals surface area contributed by atoms with Crippen molar-refractivity contribution in [2.24, 2.45) is 5.92 Å². The summed E-state index contributed by atoms with van der Waals surface area (Å²) in [5.74, 6) is 0.743. The van der Waals surface area contributed by atoms with Crippen molar-refractivity contribution in [2.45, 2.75) is 58.3 Å². The molecular weight excluding hydrogens is 262 g/mol. The molecule has 0 heterocycles. The van der Waals surface area contributed by atoms with Gasteiger partial charge in [-0.2, -0.15) is 0 Å². The van der Waals surface area contributed by atoms with Crippen LogP contribution in [0.4, 0.5) is 0 Å². The Labute approximate surface area is 128 Å². The molecular formula is C18H29NO2. The van der Waals surface area contributed by atoms with Crippen molar-refractivity contribution >= 4 is 0 Å². The topological polar surface area (TPSA) is 41.5 Å². The number of hydrogen-bond donors (Lipinski definition) is 2. The lowest BCUT2D eigenvalue weighted by Crippen LogP contribution is -2.28. The van der Waals surface area contributed by atoms with Gasteiger partial charge in [0.25, 0.3) is 0 Å². The highest BCUT2D eigenvalue weighted by Crippen LogP contribution is 2.28. The molecule has 21 heavy (non-hydrogen) atoms. The predicted molar refractivity (Wildman–Crippen MR) is 86.1 cm³/mol. The van der Waals surface area contributed by atoms with Gasteiger partial charge in [0.2, 0.25) is 0 Å². The zero-order valence-electron chi connectivity index (χ0n) is 13.2. The summed E-state index contributed by atoms with van der Waals surface area (Å²) < 4.78 is 5.50. The monoisotopic (exact) mass is 291 g/mol. The molecule has 1 unspecified atom stereocenters. The molecule has 3 heteroatoms. The molecule has 0 aliphatic heterocycles. The Hall–Kier alpha value is -0.900. The van der Waals surface area contributed by atoms with Crippen LogP contribution in [0.15, 0.2) is 24.3 Å². The molecule has 1 atom stereocenters. The highest BCUT2D eigenvalue weighted by atomic mass is 16.5. The van der Waals surface area contributed by atoms with E-state index >= 15 is 0 Å². The van der Waals surface area contributed by atoms with Gasteiger partial charge in [-0.3, -0.25) is 0 Å². The number of nitrogens with one attached hydrogen (secondary N) is 1. The van der Waals surface area contributed by atoms with Crippen LogP contribution in [0.5, 0.6) is 0 Å². The first-order chi connectivity index (χ1) is 10.3. The van der Waals surface area contributed by atoms with Gasteiger partial charge in [0.15, 0.2) is 0 Å². The van der Waals surface area contributed by atoms with Crippen LogP contribution in [0, 0.1) is 5.92 Å². The van der Waals surface area contributed by atoms with E-state index in [-0.39, 0.29) is 6.10 Å². The van der Waals surface area contributed by atoms with E-state index in [1.54, 1.807) is 0 Å². The lowest BCUT2D eigenvalue weighted by Gasteiger charge is -2.17. The smallest absolute Gasteiger partial charge is 0.0719 e. The first-order valence-corrected chi connectivity index (χ1v) is 8.33. The van der Waals surface area contributed by atoms with Crippen LogP contribution in [0.25, 0.3) is 0 Å². The Bertz CT molecular complexity index is 402. The predicted octanol–water partition coefficient (Wildman–Crippen LogP) is 3.25. The summed E-state index contributed by atoms with van der Waals surface area (Å²) >= 11 is 0. The van der Waals surface area contributed by atoms with Crippen molar-refractivity contribution in [1.82, 2.24) is 5.32 Å². The van der Waals surface area contributed by atoms with Gasteiger partial charge in [-0.15, -0.1) is 0 Å². The quantitative estimate of drug-likeness (QED) is 0.734. The fourth-order valence-electron chi connectivity index (χ4n) is 3.17. The summed E-state index contributed by atoms with van der Waals surface area (Å²) in [4.78, 5) is 0. The third-order valence-electron chi connectivity index (χ3n) is 4.36. The van der Waals surface area contributed by atoms with E-state index in [4.69, 9.17) is 4.74 Å². The average Bonchev–Trinajstić information content (AvgIpc) is 2.99. The second-order valence-electron chi connectivity index (χ2n) is 6.08. The van der Waals surface area contributed by atoms with E-state index in [0.717, 1.165) is 25.5 Å². The summed E-state index contributed by atoms with van der Waals surface area (Å²) in [5, 5.41) is 13.5. The number of ether oxygens (including phenoxy) is 1. The van der Waals surface area contributed by atoms with Crippen molar-refractivity contribution < 1.29 is 9.84 Å². The van der Waals surface area contributed by atoms with E-state index in [1.807, 2.05) is 13.0 Å². The maximum atomic E-state index is 10.1. The molecule has 0 saturated heterocycles. The second kappa shape index (κ2) is 9.19. The summed E-state index contributed by atoms with van der Waals surface area (Å²) in [5.41, 5.74) is 2.50. The van der Waals surface area contributed by atoms with Crippen LogP contribution < -0.4 is 5.32 Å². The van der Waals surface area contributed by atoms with Crippen molar-refractivity contribution in [1.29, 1.82) is 0 Å². The zero-order chi connectivity index (χ0) is 14.9. The average molecular weight is 291 g/mol. The van der Waals surface area contributed by atoms with Crippen LogP contribution >= 0.6 is 0 Å². The number of benzene rings is 1. The third-order valence-corrected chi connectivity index (χ3v) is 4.36. The summed E-state index contributed by atoms with van der Waals surface area (Å²) in [6.45, 7) is 4.89. The molecule has 0 aromatic heterocycles. The molecule has 1 aromatic rings. The summed E-state index contributed by atoms with van der Waals surface area (Å²) in [7, 11) is 0. The maximum absolute atomic E-state index is 10.1. The zero-order valence-corrected chi connectivity index (χ0v) is 13.2. The van der Waals surface area contributed by atoms with Gasteiger partial charge >= 0.3 is 0 Å². The maximum Gasteiger partial charge on any atom is 0.0719 e. The Balaban J connectivity index is 1.72. The normalized spacial score (nSPS) is 17.2. The fourth-order valence-corrected chi connectivity index (χ4v) is 3.17. The highest BCUT2D eigenvalue weighted by molar-refractivity contribution is 5.26. The van der Waals surface area contributed by atoms with Crippen LogP contribution in [-0.2, 0) is 17.9 Å². The van der Waals surface area contributed by atoms with E-state index in [2.05, 4.69) is 23.5 Å². The van der Waals surface area contributed by atoms with Gasteiger partial charge in [-0.05, 0) is 30.4 Å². The van der Waals surface area contributed by atoms with Gasteiger partial charge in [-0.1, -0.05) is 49.9 Å². The Morgan fingerprint density at radius 2 is 1.95 bits per heavy atom. The molecule has 0 bridgehead atoms. The standard InChI is InChI=1S/C18H29NO2/c1-2-21-14-17-10-6-5-9-16(17)12-19-13-18(20)11-15-7-3-4-8-15/h5-6,9-10,15,18-20H,2-4,7-8,11-14H2,1H3. The second-order valence-corrected chi connectivity index (χ2v) is 6.08. The minimum absolute atomic E-state index is 0.216.